The van der Waals surface area contributed by atoms with Crippen LogP contribution in [0.1, 0.15) is 64.6 Å². The van der Waals surface area contributed by atoms with E-state index in [2.05, 4.69) is 52.4 Å². The van der Waals surface area contributed by atoms with Gasteiger partial charge in [-0.1, -0.05) is 41.0 Å². The lowest BCUT2D eigenvalue weighted by Gasteiger charge is -2.40. The van der Waals surface area contributed by atoms with Gasteiger partial charge in [-0.05, 0) is 25.3 Å². The van der Waals surface area contributed by atoms with Crippen molar-refractivity contribution in [2.75, 3.05) is 7.05 Å². The summed E-state index contributed by atoms with van der Waals surface area (Å²) in [5, 5.41) is 7.11. The largest absolute Gasteiger partial charge is 0.308 e. The molecule has 0 amide bonds. The molecule has 1 aliphatic carbocycles. The van der Waals surface area contributed by atoms with E-state index in [4.69, 9.17) is 4.98 Å². The van der Waals surface area contributed by atoms with Gasteiger partial charge in [-0.2, -0.15) is 0 Å². The molecule has 18 heavy (non-hydrogen) atoms. The molecule has 1 heterocycles. The van der Waals surface area contributed by atoms with Crippen LogP contribution in [0.5, 0.6) is 0 Å². The summed E-state index contributed by atoms with van der Waals surface area (Å²) in [6, 6.07) is 0. The van der Waals surface area contributed by atoms with Crippen LogP contribution < -0.4 is 5.32 Å². The molecule has 0 spiro atoms. The molecule has 2 nitrogen and oxygen atoms in total. The molecule has 102 valence electrons. The first-order valence-electron chi connectivity index (χ1n) is 6.88. The van der Waals surface area contributed by atoms with Crippen LogP contribution in [-0.4, -0.2) is 12.0 Å². The molecule has 0 radical (unpaired) electrons. The summed E-state index contributed by atoms with van der Waals surface area (Å²) in [6.07, 6.45) is 3.77. The second kappa shape index (κ2) is 4.31. The van der Waals surface area contributed by atoms with Gasteiger partial charge in [-0.3, -0.25) is 0 Å². The minimum absolute atomic E-state index is 0.0706. The maximum atomic E-state index is 4.96. The van der Waals surface area contributed by atoms with Crippen molar-refractivity contribution in [1.29, 1.82) is 0 Å². The molecular formula is C15H26N2S. The Labute approximate surface area is 115 Å². The number of nitrogens with one attached hydrogen (secondary N) is 1. The minimum Gasteiger partial charge on any atom is -0.308 e. The fourth-order valence-corrected chi connectivity index (χ4v) is 4.59. The molecule has 1 N–H and O–H groups in total. The van der Waals surface area contributed by atoms with Crippen molar-refractivity contribution in [3.63, 3.8) is 0 Å². The van der Waals surface area contributed by atoms with Crippen molar-refractivity contribution in [3.05, 3.63) is 16.1 Å². The predicted molar refractivity (Wildman–Crippen MR) is 79.2 cm³/mol. The van der Waals surface area contributed by atoms with Crippen LogP contribution in [0, 0.1) is 5.41 Å². The number of hydrogen-bond acceptors (Lipinski definition) is 3. The van der Waals surface area contributed by atoms with E-state index < -0.39 is 0 Å². The molecule has 1 saturated carbocycles. The van der Waals surface area contributed by atoms with Gasteiger partial charge in [0.1, 0.15) is 5.01 Å². The standard InChI is InChI=1S/C15H26N2S/c1-13(2,3)11-10-18-12(17-11)15(16-6)9-7-8-14(15,4)5/h10,16H,7-9H2,1-6H3. The molecule has 2 rings (SSSR count). The van der Waals surface area contributed by atoms with Crippen molar-refractivity contribution in [3.8, 4) is 0 Å². The van der Waals surface area contributed by atoms with Gasteiger partial charge >= 0.3 is 0 Å². The molecule has 3 heteroatoms. The van der Waals surface area contributed by atoms with Gasteiger partial charge in [0, 0.05) is 10.8 Å². The fraction of sp³-hybridized carbons (Fsp3) is 0.800. The summed E-state index contributed by atoms with van der Waals surface area (Å²) in [5.74, 6) is 0. The van der Waals surface area contributed by atoms with Crippen molar-refractivity contribution in [2.45, 2.75) is 64.8 Å². The quantitative estimate of drug-likeness (QED) is 0.873. The van der Waals surface area contributed by atoms with Crippen LogP contribution in [0.15, 0.2) is 5.38 Å². The molecular weight excluding hydrogens is 240 g/mol. The van der Waals surface area contributed by atoms with Crippen molar-refractivity contribution in [1.82, 2.24) is 10.3 Å². The van der Waals surface area contributed by atoms with Gasteiger partial charge in [0.15, 0.2) is 0 Å². The Morgan fingerprint density at radius 2 is 1.94 bits per heavy atom. The van der Waals surface area contributed by atoms with Gasteiger partial charge in [0.05, 0.1) is 11.2 Å². The smallest absolute Gasteiger partial charge is 0.114 e. The summed E-state index contributed by atoms with van der Waals surface area (Å²) in [7, 11) is 2.09. The topological polar surface area (TPSA) is 24.9 Å². The van der Waals surface area contributed by atoms with Crippen LogP contribution in [0.2, 0.25) is 0 Å². The Kier molecular flexibility index (Phi) is 3.35. The van der Waals surface area contributed by atoms with E-state index in [0.29, 0.717) is 0 Å². The number of rotatable bonds is 2. The van der Waals surface area contributed by atoms with E-state index >= 15 is 0 Å². The average Bonchev–Trinajstić information content (AvgIpc) is 2.81. The van der Waals surface area contributed by atoms with E-state index in [1.165, 1.54) is 30.0 Å². The monoisotopic (exact) mass is 266 g/mol. The highest BCUT2D eigenvalue weighted by Gasteiger charge is 2.51. The first-order chi connectivity index (χ1) is 8.23. The van der Waals surface area contributed by atoms with Crippen molar-refractivity contribution in [2.24, 2.45) is 5.41 Å². The number of hydrogen-bond donors (Lipinski definition) is 1. The third kappa shape index (κ3) is 2.01. The highest BCUT2D eigenvalue weighted by Crippen LogP contribution is 2.52. The summed E-state index contributed by atoms with van der Waals surface area (Å²) >= 11 is 1.83. The van der Waals surface area contributed by atoms with E-state index in [0.717, 1.165) is 0 Å². The fourth-order valence-electron chi connectivity index (χ4n) is 3.13. The van der Waals surface area contributed by atoms with Crippen LogP contribution in [0.3, 0.4) is 0 Å². The third-order valence-electron chi connectivity index (χ3n) is 4.57. The Morgan fingerprint density at radius 1 is 1.28 bits per heavy atom. The zero-order valence-electron chi connectivity index (χ0n) is 12.6. The number of thiazole rings is 1. The summed E-state index contributed by atoms with van der Waals surface area (Å²) < 4.78 is 0. The van der Waals surface area contributed by atoms with E-state index in [1.807, 2.05) is 11.3 Å². The molecule has 1 aromatic heterocycles. The zero-order valence-corrected chi connectivity index (χ0v) is 13.4. The molecule has 0 aromatic carbocycles. The third-order valence-corrected chi connectivity index (χ3v) is 5.58. The molecule has 1 aromatic rings. The molecule has 1 fully saturated rings. The van der Waals surface area contributed by atoms with E-state index in [1.54, 1.807) is 0 Å². The van der Waals surface area contributed by atoms with Crippen LogP contribution >= 0.6 is 11.3 Å². The van der Waals surface area contributed by atoms with E-state index in [9.17, 15) is 0 Å². The first-order valence-corrected chi connectivity index (χ1v) is 7.76. The summed E-state index contributed by atoms with van der Waals surface area (Å²) in [4.78, 5) is 4.96. The summed E-state index contributed by atoms with van der Waals surface area (Å²) in [6.45, 7) is 11.4. The summed E-state index contributed by atoms with van der Waals surface area (Å²) in [5.41, 5.74) is 1.72. The second-order valence-electron chi connectivity index (χ2n) is 7.18. The lowest BCUT2D eigenvalue weighted by molar-refractivity contribution is 0.167. The van der Waals surface area contributed by atoms with Gasteiger partial charge < -0.3 is 5.32 Å². The predicted octanol–water partition coefficient (Wildman–Crippen LogP) is 4.07. The molecule has 1 atom stereocenters. The number of aromatic nitrogens is 1. The molecule has 0 saturated heterocycles. The maximum Gasteiger partial charge on any atom is 0.114 e. The van der Waals surface area contributed by atoms with Gasteiger partial charge in [-0.25, -0.2) is 4.98 Å². The Hall–Kier alpha value is -0.410. The Morgan fingerprint density at radius 3 is 2.33 bits per heavy atom. The van der Waals surface area contributed by atoms with Gasteiger partial charge in [0.25, 0.3) is 0 Å². The maximum absolute atomic E-state index is 4.96. The number of nitrogens with zero attached hydrogens (tertiary/aromatic N) is 1. The second-order valence-corrected chi connectivity index (χ2v) is 8.04. The highest BCUT2D eigenvalue weighted by atomic mass is 32.1. The van der Waals surface area contributed by atoms with Crippen LogP contribution in [-0.2, 0) is 11.0 Å². The molecule has 0 bridgehead atoms. The average molecular weight is 266 g/mol. The van der Waals surface area contributed by atoms with Crippen LogP contribution in [0.25, 0.3) is 0 Å². The molecule has 1 aliphatic rings. The van der Waals surface area contributed by atoms with Crippen molar-refractivity contribution >= 4 is 11.3 Å². The van der Waals surface area contributed by atoms with E-state index in [-0.39, 0.29) is 16.4 Å². The highest BCUT2D eigenvalue weighted by molar-refractivity contribution is 7.09. The molecule has 0 aliphatic heterocycles. The Bertz CT molecular complexity index is 428. The SMILES string of the molecule is CNC1(c2nc(C(C)(C)C)cs2)CCCC1(C)C. The zero-order chi connectivity index (χ0) is 13.6. The lowest BCUT2D eigenvalue weighted by Crippen LogP contribution is -2.48. The van der Waals surface area contributed by atoms with Crippen molar-refractivity contribution < 1.29 is 0 Å². The lowest BCUT2D eigenvalue weighted by atomic mass is 9.75. The van der Waals surface area contributed by atoms with Gasteiger partial charge in [0.2, 0.25) is 0 Å². The molecule has 1 unspecified atom stereocenters. The van der Waals surface area contributed by atoms with Crippen LogP contribution in [0.4, 0.5) is 0 Å². The van der Waals surface area contributed by atoms with Gasteiger partial charge in [-0.15, -0.1) is 11.3 Å². The normalized spacial score (nSPS) is 27.7. The minimum atomic E-state index is 0.0706. The Balaban J connectivity index is 2.43. The first kappa shape index (κ1) is 14.0.